The van der Waals surface area contributed by atoms with E-state index < -0.39 is 11.9 Å². The number of esters is 1. The lowest BCUT2D eigenvalue weighted by Gasteiger charge is -2.03. The first-order chi connectivity index (χ1) is 7.16. The van der Waals surface area contributed by atoms with Crippen LogP contribution in [0.2, 0.25) is 0 Å². The van der Waals surface area contributed by atoms with Crippen LogP contribution in [0.5, 0.6) is 0 Å². The van der Waals surface area contributed by atoms with Crippen molar-refractivity contribution in [2.45, 2.75) is 38.5 Å². The summed E-state index contributed by atoms with van der Waals surface area (Å²) < 4.78 is 4.86. The third-order valence-electron chi connectivity index (χ3n) is 1.83. The fraction of sp³-hybridized carbons (Fsp3) is 0.800. The third-order valence-corrected chi connectivity index (χ3v) is 2.39. The Bertz CT molecular complexity index is 194. The number of unbranched alkanes of at least 4 members (excludes halogenated alkanes) is 3. The molecular weight excluding hydrogens is 264 g/mol. The van der Waals surface area contributed by atoms with Crippen molar-refractivity contribution in [2.75, 3.05) is 11.9 Å². The minimum absolute atomic E-state index is 0.0310. The molecule has 0 amide bonds. The third kappa shape index (κ3) is 11.3. The van der Waals surface area contributed by atoms with E-state index in [0.29, 0.717) is 6.61 Å². The van der Waals surface area contributed by atoms with Gasteiger partial charge < -0.3 is 9.84 Å². The smallest absolute Gasteiger partial charge is 0.306 e. The highest BCUT2D eigenvalue weighted by atomic mass is 79.9. The van der Waals surface area contributed by atoms with Crippen molar-refractivity contribution < 1.29 is 19.4 Å². The average molecular weight is 281 g/mol. The van der Waals surface area contributed by atoms with E-state index in [1.54, 1.807) is 0 Å². The molecule has 0 atom stereocenters. The van der Waals surface area contributed by atoms with Crippen LogP contribution in [-0.4, -0.2) is 29.0 Å². The maximum absolute atomic E-state index is 10.9. The Hall–Kier alpha value is -0.580. The lowest BCUT2D eigenvalue weighted by Crippen LogP contribution is -2.08. The van der Waals surface area contributed by atoms with Crippen molar-refractivity contribution in [3.05, 3.63) is 0 Å². The molecule has 0 aromatic carbocycles. The summed E-state index contributed by atoms with van der Waals surface area (Å²) in [5.41, 5.74) is 0. The summed E-state index contributed by atoms with van der Waals surface area (Å²) in [5.74, 6) is -1.39. The lowest BCUT2D eigenvalue weighted by molar-refractivity contribution is -0.147. The Kier molecular flexibility index (Phi) is 9.57. The van der Waals surface area contributed by atoms with Gasteiger partial charge in [-0.05, 0) is 12.8 Å². The number of carbonyl (C=O) groups is 2. The first kappa shape index (κ1) is 14.4. The highest BCUT2D eigenvalue weighted by Gasteiger charge is 2.05. The number of alkyl halides is 1. The van der Waals surface area contributed by atoms with Crippen molar-refractivity contribution in [2.24, 2.45) is 0 Å². The molecule has 0 aliphatic rings. The van der Waals surface area contributed by atoms with E-state index in [0.717, 1.165) is 31.0 Å². The minimum Gasteiger partial charge on any atom is -0.481 e. The van der Waals surface area contributed by atoms with Crippen molar-refractivity contribution in [3.63, 3.8) is 0 Å². The largest absolute Gasteiger partial charge is 0.481 e. The normalized spacial score (nSPS) is 9.93. The molecule has 5 heteroatoms. The molecule has 0 radical (unpaired) electrons. The summed E-state index contributed by atoms with van der Waals surface area (Å²) >= 11 is 3.33. The molecule has 0 spiro atoms. The van der Waals surface area contributed by atoms with Crippen molar-refractivity contribution >= 4 is 27.9 Å². The fourth-order valence-corrected chi connectivity index (χ4v) is 1.41. The van der Waals surface area contributed by atoms with Crippen LogP contribution in [0.25, 0.3) is 0 Å². The molecule has 0 unspecified atom stereocenters. The summed E-state index contributed by atoms with van der Waals surface area (Å²) in [4.78, 5) is 21.1. The highest BCUT2D eigenvalue weighted by molar-refractivity contribution is 9.09. The number of carboxylic acids is 1. The maximum Gasteiger partial charge on any atom is 0.306 e. The SMILES string of the molecule is O=C(O)CCC(=O)OCCCCCCBr. The first-order valence-corrected chi connectivity index (χ1v) is 6.22. The van der Waals surface area contributed by atoms with Gasteiger partial charge in [-0.25, -0.2) is 0 Å². The van der Waals surface area contributed by atoms with E-state index in [4.69, 9.17) is 9.84 Å². The van der Waals surface area contributed by atoms with Crippen LogP contribution in [0.15, 0.2) is 0 Å². The van der Waals surface area contributed by atoms with Gasteiger partial charge in [0.15, 0.2) is 0 Å². The Morgan fingerprint density at radius 2 is 1.73 bits per heavy atom. The van der Waals surface area contributed by atoms with Gasteiger partial charge in [-0.15, -0.1) is 0 Å². The number of ether oxygens (including phenoxy) is 1. The molecule has 1 N–H and O–H groups in total. The van der Waals surface area contributed by atoms with E-state index in [1.807, 2.05) is 0 Å². The predicted molar refractivity (Wildman–Crippen MR) is 60.1 cm³/mol. The van der Waals surface area contributed by atoms with Crippen LogP contribution in [0.4, 0.5) is 0 Å². The fourth-order valence-electron chi connectivity index (χ4n) is 1.02. The topological polar surface area (TPSA) is 63.6 Å². The molecule has 0 saturated carbocycles. The monoisotopic (exact) mass is 280 g/mol. The molecule has 0 rings (SSSR count). The van der Waals surface area contributed by atoms with Crippen LogP contribution in [0.1, 0.15) is 38.5 Å². The van der Waals surface area contributed by atoms with Gasteiger partial charge in [0.05, 0.1) is 19.4 Å². The Labute approximate surface area is 98.1 Å². The van der Waals surface area contributed by atoms with E-state index in [2.05, 4.69) is 15.9 Å². The van der Waals surface area contributed by atoms with Gasteiger partial charge >= 0.3 is 11.9 Å². The van der Waals surface area contributed by atoms with Gasteiger partial charge in [0.25, 0.3) is 0 Å². The van der Waals surface area contributed by atoms with Crippen molar-refractivity contribution in [3.8, 4) is 0 Å². The Balaban J connectivity index is 3.20. The quantitative estimate of drug-likeness (QED) is 0.400. The van der Waals surface area contributed by atoms with Gasteiger partial charge in [0, 0.05) is 5.33 Å². The van der Waals surface area contributed by atoms with Crippen LogP contribution >= 0.6 is 15.9 Å². The molecule has 4 nitrogen and oxygen atoms in total. The van der Waals surface area contributed by atoms with Gasteiger partial charge in [0.1, 0.15) is 0 Å². The molecule has 0 heterocycles. The number of carboxylic acid groups (broad SMARTS) is 1. The molecule has 0 aliphatic heterocycles. The predicted octanol–water partition coefficient (Wildman–Crippen LogP) is 2.35. The second-order valence-electron chi connectivity index (χ2n) is 3.22. The number of hydrogen-bond acceptors (Lipinski definition) is 3. The standard InChI is InChI=1S/C10H17BrO4/c11-7-3-1-2-4-8-15-10(14)6-5-9(12)13/h1-8H2,(H,12,13). The number of carbonyl (C=O) groups excluding carboxylic acids is 1. The second kappa shape index (κ2) is 9.96. The number of hydrogen-bond donors (Lipinski definition) is 1. The zero-order valence-corrected chi connectivity index (χ0v) is 10.3. The average Bonchev–Trinajstić information content (AvgIpc) is 2.20. The Morgan fingerprint density at radius 3 is 2.33 bits per heavy atom. The van der Waals surface area contributed by atoms with E-state index >= 15 is 0 Å². The van der Waals surface area contributed by atoms with Crippen molar-refractivity contribution in [1.82, 2.24) is 0 Å². The van der Waals surface area contributed by atoms with Crippen LogP contribution in [0.3, 0.4) is 0 Å². The summed E-state index contributed by atoms with van der Waals surface area (Å²) in [5, 5.41) is 9.32. The van der Waals surface area contributed by atoms with Gasteiger partial charge in [0.2, 0.25) is 0 Å². The van der Waals surface area contributed by atoms with Crippen molar-refractivity contribution in [1.29, 1.82) is 0 Å². The van der Waals surface area contributed by atoms with E-state index in [-0.39, 0.29) is 12.8 Å². The van der Waals surface area contributed by atoms with Crippen LogP contribution in [-0.2, 0) is 14.3 Å². The van der Waals surface area contributed by atoms with E-state index in [1.165, 1.54) is 0 Å². The lowest BCUT2D eigenvalue weighted by atomic mass is 10.2. The molecule has 0 fully saturated rings. The van der Waals surface area contributed by atoms with Gasteiger partial charge in [-0.2, -0.15) is 0 Å². The molecule has 88 valence electrons. The number of halogens is 1. The van der Waals surface area contributed by atoms with Crippen LogP contribution in [0, 0.1) is 0 Å². The summed E-state index contributed by atoms with van der Waals surface area (Å²) in [7, 11) is 0. The summed E-state index contributed by atoms with van der Waals surface area (Å²) in [6, 6.07) is 0. The summed E-state index contributed by atoms with van der Waals surface area (Å²) in [6.45, 7) is 0.404. The van der Waals surface area contributed by atoms with Crippen LogP contribution < -0.4 is 0 Å². The zero-order valence-electron chi connectivity index (χ0n) is 8.71. The molecule has 0 aliphatic carbocycles. The summed E-state index contributed by atoms with van der Waals surface area (Å²) in [6.07, 6.45) is 3.97. The zero-order chi connectivity index (χ0) is 11.5. The molecule has 0 saturated heterocycles. The second-order valence-corrected chi connectivity index (χ2v) is 4.01. The molecule has 0 aromatic heterocycles. The Morgan fingerprint density at radius 1 is 1.07 bits per heavy atom. The molecule has 0 bridgehead atoms. The maximum atomic E-state index is 10.9. The minimum atomic E-state index is -0.968. The van der Waals surface area contributed by atoms with E-state index in [9.17, 15) is 9.59 Å². The molecular formula is C10H17BrO4. The number of rotatable bonds is 9. The molecule has 15 heavy (non-hydrogen) atoms. The van der Waals surface area contributed by atoms with Gasteiger partial charge in [-0.1, -0.05) is 28.8 Å². The van der Waals surface area contributed by atoms with Gasteiger partial charge in [-0.3, -0.25) is 9.59 Å². The first-order valence-electron chi connectivity index (χ1n) is 5.10. The molecule has 0 aromatic rings. The number of aliphatic carboxylic acids is 1. The highest BCUT2D eigenvalue weighted by Crippen LogP contribution is 2.02.